The summed E-state index contributed by atoms with van der Waals surface area (Å²) in [5, 5.41) is 17.5. The first kappa shape index (κ1) is 20.2. The molecule has 2 aromatic rings. The van der Waals surface area contributed by atoms with Crippen LogP contribution >= 0.6 is 15.9 Å². The molecule has 0 aromatic heterocycles. The van der Waals surface area contributed by atoms with Crippen LogP contribution in [0.5, 0.6) is 0 Å². The summed E-state index contributed by atoms with van der Waals surface area (Å²) in [6.45, 7) is 2.01. The van der Waals surface area contributed by atoms with Gasteiger partial charge in [-0.3, -0.25) is 9.59 Å². The molecule has 0 aliphatic carbocycles. The third kappa shape index (κ3) is 6.60. The van der Waals surface area contributed by atoms with Gasteiger partial charge in [0.15, 0.2) is 0 Å². The average Bonchev–Trinajstić information content (AvgIpc) is 2.64. The van der Waals surface area contributed by atoms with Crippen molar-refractivity contribution in [3.63, 3.8) is 0 Å². The number of benzene rings is 2. The zero-order valence-corrected chi connectivity index (χ0v) is 16.3. The van der Waals surface area contributed by atoms with Crippen molar-refractivity contribution in [1.82, 2.24) is 5.32 Å². The first-order valence-corrected chi connectivity index (χ1v) is 9.05. The van der Waals surface area contributed by atoms with Gasteiger partial charge in [0.2, 0.25) is 5.91 Å². The van der Waals surface area contributed by atoms with Crippen LogP contribution in [-0.4, -0.2) is 18.4 Å². The zero-order chi connectivity index (χ0) is 19.6. The molecule has 3 N–H and O–H groups in total. The molecule has 0 saturated heterocycles. The van der Waals surface area contributed by atoms with Crippen molar-refractivity contribution in [3.8, 4) is 6.07 Å². The van der Waals surface area contributed by atoms with Gasteiger partial charge in [-0.1, -0.05) is 34.1 Å². The Labute approximate surface area is 166 Å². The van der Waals surface area contributed by atoms with Crippen molar-refractivity contribution < 1.29 is 9.59 Å². The molecule has 0 saturated carbocycles. The largest absolute Gasteiger partial charge is 0.389 e. The lowest BCUT2D eigenvalue weighted by Crippen LogP contribution is -2.18. The number of carbonyl (C=O) groups is 2. The standard InChI is InChI=1S/C20H19BrN4O2/c1-14(26)24-17-6-8-18(9-7-17)25-20(27)16(12-22)13-23-11-10-15-4-2-3-5-19(15)21/h2-9,13,23H,10-11H2,1H3,(H,24,26)(H,25,27)/b16-13-. The van der Waals surface area contributed by atoms with Crippen molar-refractivity contribution in [2.24, 2.45) is 0 Å². The highest BCUT2D eigenvalue weighted by Crippen LogP contribution is 2.16. The summed E-state index contributed by atoms with van der Waals surface area (Å²) in [6.07, 6.45) is 2.17. The van der Waals surface area contributed by atoms with Crippen LogP contribution in [0.2, 0.25) is 0 Å². The number of anilines is 2. The molecule has 7 heteroatoms. The molecular formula is C20H19BrN4O2. The topological polar surface area (TPSA) is 94.0 Å². The number of hydrogen-bond acceptors (Lipinski definition) is 4. The normalized spacial score (nSPS) is 10.6. The zero-order valence-electron chi connectivity index (χ0n) is 14.8. The van der Waals surface area contributed by atoms with E-state index in [9.17, 15) is 14.9 Å². The third-order valence-corrected chi connectivity index (χ3v) is 4.34. The number of nitrogens with zero attached hydrogens (tertiary/aromatic N) is 1. The van der Waals surface area contributed by atoms with Gasteiger partial charge in [-0.2, -0.15) is 5.26 Å². The Morgan fingerprint density at radius 2 is 1.70 bits per heavy atom. The summed E-state index contributed by atoms with van der Waals surface area (Å²) >= 11 is 3.49. The molecule has 0 fully saturated rings. The highest BCUT2D eigenvalue weighted by atomic mass is 79.9. The fraction of sp³-hybridized carbons (Fsp3) is 0.150. The van der Waals surface area contributed by atoms with E-state index in [1.54, 1.807) is 24.3 Å². The average molecular weight is 427 g/mol. The van der Waals surface area contributed by atoms with Gasteiger partial charge in [-0.05, 0) is 42.3 Å². The fourth-order valence-corrected chi connectivity index (χ4v) is 2.75. The van der Waals surface area contributed by atoms with Crippen LogP contribution in [0.4, 0.5) is 11.4 Å². The molecule has 2 amide bonds. The van der Waals surface area contributed by atoms with Gasteiger partial charge in [-0.15, -0.1) is 0 Å². The Kier molecular flexibility index (Phi) is 7.59. The van der Waals surface area contributed by atoms with E-state index >= 15 is 0 Å². The molecule has 0 atom stereocenters. The molecule has 138 valence electrons. The lowest BCUT2D eigenvalue weighted by molar-refractivity contribution is -0.114. The van der Waals surface area contributed by atoms with E-state index < -0.39 is 5.91 Å². The van der Waals surface area contributed by atoms with Crippen LogP contribution in [0, 0.1) is 11.3 Å². The second-order valence-electron chi connectivity index (χ2n) is 5.68. The maximum atomic E-state index is 12.2. The number of nitriles is 1. The van der Waals surface area contributed by atoms with E-state index in [1.807, 2.05) is 30.3 Å². The number of amides is 2. The lowest BCUT2D eigenvalue weighted by Gasteiger charge is -2.07. The Bertz CT molecular complexity index is 886. The Hall–Kier alpha value is -3.11. The molecule has 0 unspecified atom stereocenters. The summed E-state index contributed by atoms with van der Waals surface area (Å²) in [6, 6.07) is 16.4. The van der Waals surface area contributed by atoms with Gasteiger partial charge < -0.3 is 16.0 Å². The molecule has 0 aliphatic rings. The highest BCUT2D eigenvalue weighted by molar-refractivity contribution is 9.10. The van der Waals surface area contributed by atoms with E-state index in [4.69, 9.17) is 0 Å². The van der Waals surface area contributed by atoms with Crippen LogP contribution in [0.1, 0.15) is 12.5 Å². The minimum absolute atomic E-state index is 0.0203. The number of nitrogens with one attached hydrogen (secondary N) is 3. The van der Waals surface area contributed by atoms with Crippen molar-refractivity contribution in [2.45, 2.75) is 13.3 Å². The lowest BCUT2D eigenvalue weighted by atomic mass is 10.1. The quantitative estimate of drug-likeness (QED) is 0.358. The van der Waals surface area contributed by atoms with Crippen LogP contribution < -0.4 is 16.0 Å². The number of rotatable bonds is 7. The second kappa shape index (κ2) is 10.1. The maximum Gasteiger partial charge on any atom is 0.267 e. The van der Waals surface area contributed by atoms with Gasteiger partial charge in [0.25, 0.3) is 5.91 Å². The number of carbonyl (C=O) groups excluding carboxylic acids is 2. The van der Waals surface area contributed by atoms with Crippen LogP contribution in [-0.2, 0) is 16.0 Å². The maximum absolute atomic E-state index is 12.2. The summed E-state index contributed by atoms with van der Waals surface area (Å²) in [7, 11) is 0. The first-order valence-electron chi connectivity index (χ1n) is 8.25. The molecule has 0 radical (unpaired) electrons. The van der Waals surface area contributed by atoms with Gasteiger partial charge in [0.05, 0.1) is 0 Å². The number of hydrogen-bond donors (Lipinski definition) is 3. The van der Waals surface area contributed by atoms with Crippen molar-refractivity contribution in [2.75, 3.05) is 17.2 Å². The Balaban J connectivity index is 1.89. The predicted molar refractivity (Wildman–Crippen MR) is 109 cm³/mol. The highest BCUT2D eigenvalue weighted by Gasteiger charge is 2.09. The Morgan fingerprint density at radius 1 is 1.07 bits per heavy atom. The monoisotopic (exact) mass is 426 g/mol. The van der Waals surface area contributed by atoms with Crippen molar-refractivity contribution in [3.05, 3.63) is 70.3 Å². The van der Waals surface area contributed by atoms with E-state index in [-0.39, 0.29) is 11.5 Å². The fourth-order valence-electron chi connectivity index (χ4n) is 2.27. The molecular weight excluding hydrogens is 408 g/mol. The summed E-state index contributed by atoms with van der Waals surface area (Å²) < 4.78 is 1.02. The van der Waals surface area contributed by atoms with E-state index in [2.05, 4.69) is 31.9 Å². The van der Waals surface area contributed by atoms with E-state index in [0.717, 1.165) is 16.5 Å². The van der Waals surface area contributed by atoms with Crippen LogP contribution in [0.25, 0.3) is 0 Å². The summed E-state index contributed by atoms with van der Waals surface area (Å²) in [5.41, 5.74) is 2.28. The minimum atomic E-state index is -0.502. The van der Waals surface area contributed by atoms with E-state index in [0.29, 0.717) is 17.9 Å². The molecule has 2 aromatic carbocycles. The molecule has 0 bridgehead atoms. The Morgan fingerprint density at radius 3 is 2.30 bits per heavy atom. The summed E-state index contributed by atoms with van der Waals surface area (Å²) in [4.78, 5) is 23.2. The molecule has 2 rings (SSSR count). The third-order valence-electron chi connectivity index (χ3n) is 3.57. The van der Waals surface area contributed by atoms with E-state index in [1.165, 1.54) is 13.1 Å². The summed E-state index contributed by atoms with van der Waals surface area (Å²) in [5.74, 6) is -0.673. The molecule has 27 heavy (non-hydrogen) atoms. The number of halogens is 1. The molecule has 6 nitrogen and oxygen atoms in total. The SMILES string of the molecule is CC(=O)Nc1ccc(NC(=O)/C(C#N)=C\NCCc2ccccc2Br)cc1. The predicted octanol–water partition coefficient (Wildman–Crippen LogP) is 3.59. The van der Waals surface area contributed by atoms with Gasteiger partial charge in [-0.25, -0.2) is 0 Å². The van der Waals surface area contributed by atoms with Crippen molar-refractivity contribution in [1.29, 1.82) is 5.26 Å². The molecule has 0 heterocycles. The minimum Gasteiger partial charge on any atom is -0.389 e. The van der Waals surface area contributed by atoms with Crippen molar-refractivity contribution >= 4 is 39.1 Å². The van der Waals surface area contributed by atoms with Crippen LogP contribution in [0.15, 0.2) is 64.8 Å². The van der Waals surface area contributed by atoms with Gasteiger partial charge >= 0.3 is 0 Å². The smallest absolute Gasteiger partial charge is 0.267 e. The van der Waals surface area contributed by atoms with Gasteiger partial charge in [0.1, 0.15) is 11.6 Å². The second-order valence-corrected chi connectivity index (χ2v) is 6.53. The van der Waals surface area contributed by atoms with Gasteiger partial charge in [0, 0.05) is 35.5 Å². The molecule has 0 aliphatic heterocycles. The van der Waals surface area contributed by atoms with Crippen LogP contribution in [0.3, 0.4) is 0 Å². The molecule has 0 spiro atoms. The first-order chi connectivity index (χ1) is 13.0.